The number of aryl methyl sites for hydroxylation is 1. The van der Waals surface area contributed by atoms with Gasteiger partial charge >= 0.3 is 0 Å². The van der Waals surface area contributed by atoms with E-state index in [2.05, 4.69) is 16.8 Å². The molecule has 2 aliphatic carbocycles. The lowest BCUT2D eigenvalue weighted by Crippen LogP contribution is -2.34. The maximum absolute atomic E-state index is 13.0. The molecule has 0 N–H and O–H groups in total. The number of rotatable bonds is 4. The molecule has 2 aromatic rings. The summed E-state index contributed by atoms with van der Waals surface area (Å²) in [6, 6.07) is 6.00. The van der Waals surface area contributed by atoms with Gasteiger partial charge in [-0.25, -0.2) is 4.98 Å². The Morgan fingerprint density at radius 2 is 2.07 bits per heavy atom. The quantitative estimate of drug-likeness (QED) is 0.694. The monoisotopic (exact) mass is 422 g/mol. The van der Waals surface area contributed by atoms with Gasteiger partial charge in [-0.1, -0.05) is 11.8 Å². The van der Waals surface area contributed by atoms with Crippen molar-refractivity contribution in [1.29, 1.82) is 0 Å². The highest BCUT2D eigenvalue weighted by atomic mass is 32.1. The van der Waals surface area contributed by atoms with E-state index in [1.165, 1.54) is 37.0 Å². The molecular weight excluding hydrogens is 396 g/mol. The minimum absolute atomic E-state index is 0.111. The molecule has 2 saturated carbocycles. The minimum Gasteiger partial charge on any atom is -0.352 e. The first-order valence-electron chi connectivity index (χ1n) is 10.6. The SMILES string of the molecule is Cc1cc(C#CC2CC2)ccc1N(C)C(=O)c1csc(CC2OCC3(CC3)CO2)n1. The molecule has 5 nitrogen and oxygen atoms in total. The zero-order valence-corrected chi connectivity index (χ0v) is 18.3. The van der Waals surface area contributed by atoms with E-state index in [4.69, 9.17) is 9.47 Å². The second-order valence-corrected chi connectivity index (χ2v) is 9.73. The number of carbonyl (C=O) groups excluding carboxylic acids is 1. The molecule has 0 unspecified atom stereocenters. The molecule has 0 radical (unpaired) electrons. The maximum atomic E-state index is 13.0. The summed E-state index contributed by atoms with van der Waals surface area (Å²) in [5.74, 6) is 6.98. The van der Waals surface area contributed by atoms with Crippen molar-refractivity contribution >= 4 is 22.9 Å². The van der Waals surface area contributed by atoms with Gasteiger partial charge < -0.3 is 14.4 Å². The predicted molar refractivity (Wildman–Crippen MR) is 117 cm³/mol. The van der Waals surface area contributed by atoms with Gasteiger partial charge in [-0.3, -0.25) is 4.79 Å². The maximum Gasteiger partial charge on any atom is 0.277 e. The van der Waals surface area contributed by atoms with Crippen LogP contribution in [-0.4, -0.2) is 37.4 Å². The largest absolute Gasteiger partial charge is 0.352 e. The molecule has 2 heterocycles. The summed E-state index contributed by atoms with van der Waals surface area (Å²) in [6.07, 6.45) is 5.18. The Morgan fingerprint density at radius 3 is 2.73 bits per heavy atom. The summed E-state index contributed by atoms with van der Waals surface area (Å²) >= 11 is 1.48. The fraction of sp³-hybridized carbons (Fsp3) is 0.500. The van der Waals surface area contributed by atoms with Gasteiger partial charge in [0.1, 0.15) is 5.69 Å². The summed E-state index contributed by atoms with van der Waals surface area (Å²) in [4.78, 5) is 19.2. The van der Waals surface area contributed by atoms with E-state index in [9.17, 15) is 4.79 Å². The van der Waals surface area contributed by atoms with E-state index >= 15 is 0 Å². The average molecular weight is 423 g/mol. The first kappa shape index (κ1) is 19.7. The molecule has 1 aliphatic heterocycles. The molecular formula is C24H26N2O3S. The van der Waals surface area contributed by atoms with Crippen molar-refractivity contribution < 1.29 is 14.3 Å². The molecule has 1 aromatic carbocycles. The van der Waals surface area contributed by atoms with Crippen LogP contribution in [0.2, 0.25) is 0 Å². The molecule has 1 spiro atoms. The van der Waals surface area contributed by atoms with Gasteiger partial charge in [-0.2, -0.15) is 0 Å². The Kier molecular flexibility index (Phi) is 5.14. The fourth-order valence-corrected chi connectivity index (χ4v) is 4.45. The third-order valence-electron chi connectivity index (χ3n) is 6.08. The van der Waals surface area contributed by atoms with Gasteiger partial charge in [0.15, 0.2) is 6.29 Å². The van der Waals surface area contributed by atoms with Crippen LogP contribution >= 0.6 is 11.3 Å². The van der Waals surface area contributed by atoms with Crippen molar-refractivity contribution in [3.8, 4) is 11.8 Å². The van der Waals surface area contributed by atoms with Gasteiger partial charge in [0, 0.05) is 35.0 Å². The fourth-order valence-electron chi connectivity index (χ4n) is 3.66. The lowest BCUT2D eigenvalue weighted by molar-refractivity contribution is -0.206. The summed E-state index contributed by atoms with van der Waals surface area (Å²) in [5.41, 5.74) is 3.66. The molecule has 156 valence electrons. The second kappa shape index (κ2) is 7.81. The Bertz CT molecular complexity index is 1020. The number of hydrogen-bond acceptors (Lipinski definition) is 5. The summed E-state index contributed by atoms with van der Waals surface area (Å²) in [5, 5.41) is 2.69. The van der Waals surface area contributed by atoms with Crippen molar-refractivity contribution in [2.45, 2.75) is 45.3 Å². The minimum atomic E-state index is -0.255. The van der Waals surface area contributed by atoms with E-state index in [-0.39, 0.29) is 12.2 Å². The molecule has 30 heavy (non-hydrogen) atoms. The number of aromatic nitrogens is 1. The Balaban J connectivity index is 1.23. The van der Waals surface area contributed by atoms with Crippen LogP contribution in [0.5, 0.6) is 0 Å². The summed E-state index contributed by atoms with van der Waals surface area (Å²) in [7, 11) is 1.79. The van der Waals surface area contributed by atoms with Crippen LogP contribution in [0.1, 0.15) is 52.3 Å². The first-order valence-corrected chi connectivity index (χ1v) is 11.5. The number of amides is 1. The van der Waals surface area contributed by atoms with Crippen molar-refractivity contribution in [3.63, 3.8) is 0 Å². The number of thiazole rings is 1. The van der Waals surface area contributed by atoms with Crippen LogP contribution < -0.4 is 4.90 Å². The molecule has 3 fully saturated rings. The lowest BCUT2D eigenvalue weighted by atomic mass is 10.1. The number of anilines is 1. The number of benzene rings is 1. The van der Waals surface area contributed by atoms with Crippen molar-refractivity contribution in [2.75, 3.05) is 25.2 Å². The number of hydrogen-bond donors (Lipinski definition) is 0. The second-order valence-electron chi connectivity index (χ2n) is 8.79. The van der Waals surface area contributed by atoms with Gasteiger partial charge in [0.2, 0.25) is 0 Å². The molecule has 1 aromatic heterocycles. The highest BCUT2D eigenvalue weighted by Gasteiger charge is 2.47. The Labute approximate surface area is 181 Å². The Hall–Kier alpha value is -2.20. The normalized spacial score (nSPS) is 19.9. The molecule has 0 bridgehead atoms. The van der Waals surface area contributed by atoms with Gasteiger partial charge in [0.25, 0.3) is 5.91 Å². The molecule has 3 aliphatic rings. The third kappa shape index (κ3) is 4.29. The number of ether oxygens (including phenoxy) is 2. The third-order valence-corrected chi connectivity index (χ3v) is 6.95. The number of nitrogens with zero attached hydrogens (tertiary/aromatic N) is 2. The van der Waals surface area contributed by atoms with E-state index in [1.54, 1.807) is 11.9 Å². The van der Waals surface area contributed by atoms with Crippen molar-refractivity contribution in [3.05, 3.63) is 45.4 Å². The van der Waals surface area contributed by atoms with E-state index in [1.807, 2.05) is 30.5 Å². The first-order chi connectivity index (χ1) is 14.5. The Morgan fingerprint density at radius 1 is 1.30 bits per heavy atom. The lowest BCUT2D eigenvalue weighted by Gasteiger charge is -2.28. The molecule has 1 amide bonds. The van der Waals surface area contributed by atoms with Crippen LogP contribution in [-0.2, 0) is 15.9 Å². The average Bonchev–Trinajstić information content (AvgIpc) is 3.67. The smallest absolute Gasteiger partial charge is 0.277 e. The standard InChI is InChI=1S/C24H26N2O3S/c1-16-11-18(6-5-17-3-4-17)7-8-20(16)26(2)23(27)19-13-30-21(25-19)12-22-28-14-24(9-10-24)15-29-22/h7-8,11,13,17,22H,3-4,9-10,12,14-15H2,1-2H3. The van der Waals surface area contributed by atoms with Crippen LogP contribution in [0.3, 0.4) is 0 Å². The molecule has 0 atom stereocenters. The van der Waals surface area contributed by atoms with Gasteiger partial charge in [0.05, 0.1) is 24.6 Å². The highest BCUT2D eigenvalue weighted by molar-refractivity contribution is 7.09. The zero-order chi connectivity index (χ0) is 20.7. The van der Waals surface area contributed by atoms with Crippen LogP contribution in [0.25, 0.3) is 0 Å². The van der Waals surface area contributed by atoms with Gasteiger partial charge in [-0.05, 0) is 56.4 Å². The van der Waals surface area contributed by atoms with E-state index in [0.29, 0.717) is 23.4 Å². The molecule has 6 heteroatoms. The van der Waals surface area contributed by atoms with Crippen molar-refractivity contribution in [1.82, 2.24) is 4.98 Å². The van der Waals surface area contributed by atoms with Crippen molar-refractivity contribution in [2.24, 2.45) is 11.3 Å². The topological polar surface area (TPSA) is 51.7 Å². The zero-order valence-electron chi connectivity index (χ0n) is 17.4. The van der Waals surface area contributed by atoms with E-state index in [0.717, 1.165) is 35.0 Å². The van der Waals surface area contributed by atoms with Crippen LogP contribution in [0.15, 0.2) is 23.6 Å². The number of carbonyl (C=O) groups is 1. The molecule has 1 saturated heterocycles. The highest BCUT2D eigenvalue weighted by Crippen LogP contribution is 2.48. The van der Waals surface area contributed by atoms with Crippen LogP contribution in [0.4, 0.5) is 5.69 Å². The van der Waals surface area contributed by atoms with Crippen LogP contribution in [0, 0.1) is 30.1 Å². The van der Waals surface area contributed by atoms with Gasteiger partial charge in [-0.15, -0.1) is 11.3 Å². The summed E-state index contributed by atoms with van der Waals surface area (Å²) in [6.45, 7) is 3.56. The van der Waals surface area contributed by atoms with E-state index < -0.39 is 0 Å². The predicted octanol–water partition coefficient (Wildman–Crippen LogP) is 4.19. The molecule has 5 rings (SSSR count). The summed E-state index contributed by atoms with van der Waals surface area (Å²) < 4.78 is 11.7.